The smallest absolute Gasteiger partial charge is 0.0544 e. The first kappa shape index (κ1) is 9.81. The van der Waals surface area contributed by atoms with Crippen LogP contribution in [0, 0.1) is 0 Å². The number of allylic oxidation sites excluding steroid dienone is 1. The van der Waals surface area contributed by atoms with Gasteiger partial charge < -0.3 is 0 Å². The van der Waals surface area contributed by atoms with Crippen molar-refractivity contribution >= 4 is 17.8 Å². The first-order valence-corrected chi connectivity index (χ1v) is 4.36. The molecule has 1 rings (SSSR count). The number of hydrogen-bond donors (Lipinski definition) is 1. The van der Waals surface area contributed by atoms with Gasteiger partial charge in [0.15, 0.2) is 0 Å². The highest BCUT2D eigenvalue weighted by Gasteiger charge is 1.86. The van der Waals surface area contributed by atoms with Gasteiger partial charge in [-0.1, -0.05) is 29.8 Å². The van der Waals surface area contributed by atoms with Crippen LogP contribution in [0.2, 0.25) is 5.02 Å². The molecule has 68 valence electrons. The third-order valence-corrected chi connectivity index (χ3v) is 1.65. The van der Waals surface area contributed by atoms with Crippen molar-refractivity contribution < 1.29 is 0 Å². The lowest BCUT2D eigenvalue weighted by molar-refractivity contribution is 0.973. The Balaban J connectivity index is 2.54. The molecule has 0 aliphatic carbocycles. The molecule has 0 spiro atoms. The van der Waals surface area contributed by atoms with Gasteiger partial charge in [0.1, 0.15) is 0 Å². The van der Waals surface area contributed by atoms with Crippen molar-refractivity contribution in [2.24, 2.45) is 5.10 Å². The van der Waals surface area contributed by atoms with Gasteiger partial charge in [0.05, 0.1) is 6.21 Å². The van der Waals surface area contributed by atoms with Gasteiger partial charge in [0.25, 0.3) is 0 Å². The van der Waals surface area contributed by atoms with Crippen molar-refractivity contribution in [2.75, 3.05) is 0 Å². The quantitative estimate of drug-likeness (QED) is 0.581. The standard InChI is InChI=1S/C10H11ClN2/c1-2-7-12-13-8-9-3-5-10(11)6-4-9/h2-8,12H,1H3/b7-2-,13-8+. The lowest BCUT2D eigenvalue weighted by Crippen LogP contribution is -1.93. The van der Waals surface area contributed by atoms with Crippen molar-refractivity contribution in [3.05, 3.63) is 47.1 Å². The van der Waals surface area contributed by atoms with Crippen LogP contribution in [0.5, 0.6) is 0 Å². The molecule has 0 aliphatic rings. The second-order valence-electron chi connectivity index (χ2n) is 2.44. The SMILES string of the molecule is C/C=C\N/N=C/c1ccc(Cl)cc1. The normalized spacial score (nSPS) is 11.2. The van der Waals surface area contributed by atoms with E-state index < -0.39 is 0 Å². The first-order valence-electron chi connectivity index (χ1n) is 3.98. The van der Waals surface area contributed by atoms with Crippen LogP contribution in [0.15, 0.2) is 41.6 Å². The minimum atomic E-state index is 0.735. The summed E-state index contributed by atoms with van der Waals surface area (Å²) in [5, 5.41) is 4.69. The lowest BCUT2D eigenvalue weighted by atomic mass is 10.2. The molecule has 0 heterocycles. The number of nitrogens with one attached hydrogen (secondary N) is 1. The maximum atomic E-state index is 5.72. The molecule has 0 saturated heterocycles. The van der Waals surface area contributed by atoms with Crippen molar-refractivity contribution in [1.29, 1.82) is 0 Å². The molecule has 0 fully saturated rings. The van der Waals surface area contributed by atoms with E-state index in [4.69, 9.17) is 11.6 Å². The summed E-state index contributed by atoms with van der Waals surface area (Å²) in [4.78, 5) is 0. The molecular weight excluding hydrogens is 184 g/mol. The topological polar surface area (TPSA) is 24.4 Å². The molecule has 0 saturated carbocycles. The Labute approximate surface area is 82.9 Å². The molecular formula is C10H11ClN2. The zero-order chi connectivity index (χ0) is 9.52. The zero-order valence-corrected chi connectivity index (χ0v) is 8.12. The molecule has 0 amide bonds. The minimum Gasteiger partial charge on any atom is -0.286 e. The van der Waals surface area contributed by atoms with Crippen molar-refractivity contribution in [3.8, 4) is 0 Å². The highest BCUT2D eigenvalue weighted by atomic mass is 35.5. The van der Waals surface area contributed by atoms with Gasteiger partial charge in [0, 0.05) is 11.2 Å². The number of nitrogens with zero attached hydrogens (tertiary/aromatic N) is 1. The van der Waals surface area contributed by atoms with Gasteiger partial charge in [-0.3, -0.25) is 5.43 Å². The van der Waals surface area contributed by atoms with Crippen LogP contribution >= 0.6 is 11.6 Å². The predicted octanol–water partition coefficient (Wildman–Crippen LogP) is 2.80. The van der Waals surface area contributed by atoms with E-state index in [2.05, 4.69) is 10.5 Å². The molecule has 1 N–H and O–H groups in total. The van der Waals surface area contributed by atoms with Crippen LogP contribution in [-0.2, 0) is 0 Å². The summed E-state index contributed by atoms with van der Waals surface area (Å²) >= 11 is 5.72. The number of benzene rings is 1. The minimum absolute atomic E-state index is 0.735. The predicted molar refractivity (Wildman–Crippen MR) is 57.0 cm³/mol. The van der Waals surface area contributed by atoms with Crippen LogP contribution in [0.3, 0.4) is 0 Å². The summed E-state index contributed by atoms with van der Waals surface area (Å²) in [5.74, 6) is 0. The van der Waals surface area contributed by atoms with E-state index in [0.29, 0.717) is 0 Å². The second kappa shape index (κ2) is 5.38. The number of halogens is 1. The molecule has 3 heteroatoms. The summed E-state index contributed by atoms with van der Waals surface area (Å²) < 4.78 is 0. The highest BCUT2D eigenvalue weighted by molar-refractivity contribution is 6.30. The van der Waals surface area contributed by atoms with Crippen LogP contribution in [0.1, 0.15) is 12.5 Å². The number of rotatable bonds is 3. The maximum absolute atomic E-state index is 5.72. The molecule has 0 unspecified atom stereocenters. The third kappa shape index (κ3) is 3.76. The Kier molecular flexibility index (Phi) is 4.06. The summed E-state index contributed by atoms with van der Waals surface area (Å²) in [6.07, 6.45) is 5.36. The van der Waals surface area contributed by atoms with E-state index in [1.807, 2.05) is 37.3 Å². The van der Waals surface area contributed by atoms with Gasteiger partial charge in [-0.25, -0.2) is 0 Å². The van der Waals surface area contributed by atoms with Gasteiger partial charge >= 0.3 is 0 Å². The first-order chi connectivity index (χ1) is 6.33. The van der Waals surface area contributed by atoms with Crippen LogP contribution in [0.25, 0.3) is 0 Å². The highest BCUT2D eigenvalue weighted by Crippen LogP contribution is 2.07. The van der Waals surface area contributed by atoms with Gasteiger partial charge in [-0.05, 0) is 24.6 Å². The van der Waals surface area contributed by atoms with Gasteiger partial charge in [-0.2, -0.15) is 5.10 Å². The summed E-state index contributed by atoms with van der Waals surface area (Å²) in [6.45, 7) is 1.92. The van der Waals surface area contributed by atoms with E-state index in [1.165, 1.54) is 0 Å². The average Bonchev–Trinajstić information content (AvgIpc) is 2.15. The molecule has 1 aromatic carbocycles. The number of hydrogen-bond acceptors (Lipinski definition) is 2. The molecule has 13 heavy (non-hydrogen) atoms. The maximum Gasteiger partial charge on any atom is 0.0544 e. The Bertz CT molecular complexity index is 301. The largest absolute Gasteiger partial charge is 0.286 e. The van der Waals surface area contributed by atoms with Crippen molar-refractivity contribution in [1.82, 2.24) is 5.43 Å². The van der Waals surface area contributed by atoms with Crippen LogP contribution < -0.4 is 5.43 Å². The van der Waals surface area contributed by atoms with E-state index in [-0.39, 0.29) is 0 Å². The summed E-state index contributed by atoms with van der Waals surface area (Å²) in [6, 6.07) is 7.48. The fraction of sp³-hybridized carbons (Fsp3) is 0.100. The Morgan fingerprint density at radius 3 is 2.62 bits per heavy atom. The van der Waals surface area contributed by atoms with Crippen molar-refractivity contribution in [2.45, 2.75) is 6.92 Å². The lowest BCUT2D eigenvalue weighted by Gasteiger charge is -1.92. The zero-order valence-electron chi connectivity index (χ0n) is 7.37. The van der Waals surface area contributed by atoms with Gasteiger partial charge in [0.2, 0.25) is 0 Å². The summed E-state index contributed by atoms with van der Waals surface area (Å²) in [5.41, 5.74) is 3.77. The van der Waals surface area contributed by atoms with E-state index in [9.17, 15) is 0 Å². The monoisotopic (exact) mass is 194 g/mol. The van der Waals surface area contributed by atoms with E-state index in [0.717, 1.165) is 10.6 Å². The van der Waals surface area contributed by atoms with E-state index >= 15 is 0 Å². The van der Waals surface area contributed by atoms with E-state index in [1.54, 1.807) is 12.4 Å². The molecule has 0 aromatic heterocycles. The Hall–Kier alpha value is -1.28. The molecule has 0 radical (unpaired) electrons. The summed E-state index contributed by atoms with van der Waals surface area (Å²) in [7, 11) is 0. The average molecular weight is 195 g/mol. The van der Waals surface area contributed by atoms with Gasteiger partial charge in [-0.15, -0.1) is 0 Å². The Morgan fingerprint density at radius 2 is 2.00 bits per heavy atom. The number of hydrazone groups is 1. The molecule has 0 aliphatic heterocycles. The van der Waals surface area contributed by atoms with Crippen LogP contribution in [-0.4, -0.2) is 6.21 Å². The molecule has 2 nitrogen and oxygen atoms in total. The molecule has 1 aromatic rings. The van der Waals surface area contributed by atoms with Crippen molar-refractivity contribution in [3.63, 3.8) is 0 Å². The second-order valence-corrected chi connectivity index (χ2v) is 2.88. The molecule has 0 atom stereocenters. The van der Waals surface area contributed by atoms with Crippen LogP contribution in [0.4, 0.5) is 0 Å². The Morgan fingerprint density at radius 1 is 1.31 bits per heavy atom. The fourth-order valence-corrected chi connectivity index (χ4v) is 0.904. The molecule has 0 bridgehead atoms. The fourth-order valence-electron chi connectivity index (χ4n) is 0.778. The third-order valence-electron chi connectivity index (χ3n) is 1.40.